The molecule has 0 spiro atoms. The molecule has 0 saturated carbocycles. The zero-order chi connectivity index (χ0) is 17.6. The number of rotatable bonds is 6. The molecule has 2 amide bonds. The molecule has 26 heavy (non-hydrogen) atoms. The van der Waals surface area contributed by atoms with Gasteiger partial charge in [-0.05, 0) is 36.2 Å². The number of hydrogen-bond acceptors (Lipinski definition) is 3. The fourth-order valence-electron chi connectivity index (χ4n) is 3.57. The van der Waals surface area contributed by atoms with Crippen LogP contribution in [0.5, 0.6) is 0 Å². The van der Waals surface area contributed by atoms with E-state index < -0.39 is 0 Å². The minimum atomic E-state index is -0.117. The molecular formula is C20H26ClN3O2. The van der Waals surface area contributed by atoms with Crippen molar-refractivity contribution in [2.75, 3.05) is 26.7 Å². The molecule has 5 nitrogen and oxygen atoms in total. The highest BCUT2D eigenvalue weighted by Crippen LogP contribution is 2.19. The molecule has 1 aliphatic rings. The number of amides is 2. The third-order valence-electron chi connectivity index (χ3n) is 4.80. The Morgan fingerprint density at radius 1 is 1.15 bits per heavy atom. The van der Waals surface area contributed by atoms with Gasteiger partial charge in [0.1, 0.15) is 0 Å². The molecule has 140 valence electrons. The second kappa shape index (κ2) is 9.55. The number of likely N-dealkylation sites (N-methyl/N-ethyl adjacent to an activating group) is 1. The average molecular weight is 376 g/mol. The molecule has 1 unspecified atom stereocenters. The second-order valence-corrected chi connectivity index (χ2v) is 6.53. The third kappa shape index (κ3) is 4.74. The van der Waals surface area contributed by atoms with E-state index in [9.17, 15) is 9.59 Å². The van der Waals surface area contributed by atoms with Crippen molar-refractivity contribution in [3.63, 3.8) is 0 Å². The summed E-state index contributed by atoms with van der Waals surface area (Å²) in [5.41, 5.74) is 0.984. The van der Waals surface area contributed by atoms with Gasteiger partial charge in [0.2, 0.25) is 11.8 Å². The summed E-state index contributed by atoms with van der Waals surface area (Å²) in [7, 11) is 1.90. The van der Waals surface area contributed by atoms with Gasteiger partial charge in [0.25, 0.3) is 0 Å². The molecule has 1 heterocycles. The number of hydrogen-bond donors (Lipinski definition) is 2. The van der Waals surface area contributed by atoms with E-state index in [1.807, 2.05) is 54.4 Å². The largest absolute Gasteiger partial charge is 0.347 e. The number of nitrogens with zero attached hydrogens (tertiary/aromatic N) is 1. The molecule has 0 bridgehead atoms. The maximum atomic E-state index is 12.4. The lowest BCUT2D eigenvalue weighted by molar-refractivity contribution is -0.133. The van der Waals surface area contributed by atoms with Crippen LogP contribution in [-0.4, -0.2) is 49.4 Å². The van der Waals surface area contributed by atoms with Crippen molar-refractivity contribution < 1.29 is 9.59 Å². The van der Waals surface area contributed by atoms with Gasteiger partial charge in [-0.1, -0.05) is 42.5 Å². The summed E-state index contributed by atoms with van der Waals surface area (Å²) in [6, 6.07) is 14.2. The van der Waals surface area contributed by atoms with Crippen molar-refractivity contribution >= 4 is 35.0 Å². The Hall–Kier alpha value is -2.11. The Morgan fingerprint density at radius 2 is 1.92 bits per heavy atom. The number of carbonyl (C=O) groups excluding carboxylic acids is 2. The Bertz CT molecular complexity index is 760. The van der Waals surface area contributed by atoms with E-state index in [0.717, 1.165) is 42.3 Å². The van der Waals surface area contributed by atoms with E-state index in [1.165, 1.54) is 0 Å². The number of fused-ring (bicyclic) bond motifs is 1. The molecule has 1 aliphatic heterocycles. The van der Waals surface area contributed by atoms with Crippen LogP contribution < -0.4 is 10.6 Å². The van der Waals surface area contributed by atoms with Crippen LogP contribution in [0.4, 0.5) is 0 Å². The molecule has 1 atom stereocenters. The highest BCUT2D eigenvalue weighted by Gasteiger charge is 2.27. The summed E-state index contributed by atoms with van der Waals surface area (Å²) in [4.78, 5) is 26.6. The van der Waals surface area contributed by atoms with Crippen molar-refractivity contribution in [2.45, 2.75) is 25.3 Å². The van der Waals surface area contributed by atoms with Crippen molar-refractivity contribution in [1.82, 2.24) is 15.5 Å². The monoisotopic (exact) mass is 375 g/mol. The first-order valence-corrected chi connectivity index (χ1v) is 8.86. The minimum absolute atomic E-state index is 0. The highest BCUT2D eigenvalue weighted by atomic mass is 35.5. The summed E-state index contributed by atoms with van der Waals surface area (Å²) >= 11 is 0. The molecule has 0 radical (unpaired) electrons. The van der Waals surface area contributed by atoms with E-state index in [0.29, 0.717) is 0 Å². The Morgan fingerprint density at radius 3 is 2.73 bits per heavy atom. The smallest absolute Gasteiger partial charge is 0.242 e. The fourth-order valence-corrected chi connectivity index (χ4v) is 3.57. The van der Waals surface area contributed by atoms with E-state index in [1.54, 1.807) is 0 Å². The second-order valence-electron chi connectivity index (χ2n) is 6.53. The van der Waals surface area contributed by atoms with Crippen molar-refractivity contribution in [3.8, 4) is 0 Å². The molecule has 1 saturated heterocycles. The van der Waals surface area contributed by atoms with Gasteiger partial charge in [-0.2, -0.15) is 0 Å². The summed E-state index contributed by atoms with van der Waals surface area (Å²) < 4.78 is 0. The molecule has 0 aromatic heterocycles. The van der Waals surface area contributed by atoms with E-state index in [-0.39, 0.29) is 43.2 Å². The molecule has 0 aliphatic carbocycles. The summed E-state index contributed by atoms with van der Waals surface area (Å²) in [6.45, 7) is 1.66. The molecule has 6 heteroatoms. The van der Waals surface area contributed by atoms with Gasteiger partial charge >= 0.3 is 0 Å². The van der Waals surface area contributed by atoms with Gasteiger partial charge in [0.05, 0.1) is 13.0 Å². The normalized spacial score (nSPS) is 16.3. The average Bonchev–Trinajstić information content (AvgIpc) is 3.09. The van der Waals surface area contributed by atoms with Gasteiger partial charge in [-0.3, -0.25) is 9.59 Å². The maximum Gasteiger partial charge on any atom is 0.242 e. The van der Waals surface area contributed by atoms with Crippen LogP contribution in [0.15, 0.2) is 42.5 Å². The van der Waals surface area contributed by atoms with Crippen molar-refractivity contribution in [2.24, 2.45) is 0 Å². The van der Waals surface area contributed by atoms with Crippen molar-refractivity contribution in [3.05, 3.63) is 48.0 Å². The van der Waals surface area contributed by atoms with Gasteiger partial charge in [0, 0.05) is 19.1 Å². The van der Waals surface area contributed by atoms with Crippen LogP contribution in [0.3, 0.4) is 0 Å². The van der Waals surface area contributed by atoms with Crippen LogP contribution in [0, 0.1) is 0 Å². The Kier molecular flexibility index (Phi) is 7.42. The first-order chi connectivity index (χ1) is 12.2. The lowest BCUT2D eigenvalue weighted by Crippen LogP contribution is -2.45. The number of carbonyl (C=O) groups is 2. The van der Waals surface area contributed by atoms with E-state index >= 15 is 0 Å². The van der Waals surface area contributed by atoms with E-state index in [2.05, 4.69) is 10.6 Å². The van der Waals surface area contributed by atoms with Crippen LogP contribution in [0.1, 0.15) is 18.4 Å². The third-order valence-corrected chi connectivity index (χ3v) is 4.80. The van der Waals surface area contributed by atoms with Crippen LogP contribution >= 0.6 is 12.4 Å². The van der Waals surface area contributed by atoms with Gasteiger partial charge in [-0.15, -0.1) is 12.4 Å². The first kappa shape index (κ1) is 20.2. The molecule has 3 rings (SSSR count). The Balaban J connectivity index is 0.00000243. The molecule has 2 aromatic carbocycles. The summed E-state index contributed by atoms with van der Waals surface area (Å²) in [5, 5.41) is 8.12. The zero-order valence-electron chi connectivity index (χ0n) is 15.0. The summed E-state index contributed by atoms with van der Waals surface area (Å²) in [6.07, 6.45) is 2.34. The first-order valence-electron chi connectivity index (χ1n) is 8.86. The number of likely N-dealkylation sites (tertiary alicyclic amines) is 1. The summed E-state index contributed by atoms with van der Waals surface area (Å²) in [5.74, 6) is -0.113. The quantitative estimate of drug-likeness (QED) is 0.813. The SMILES string of the molecule is CNCC1CCCN1C(=O)CNC(=O)Cc1cccc2ccccc12.Cl. The van der Waals surface area contributed by atoms with Gasteiger partial charge in [-0.25, -0.2) is 0 Å². The topological polar surface area (TPSA) is 61.4 Å². The van der Waals surface area contributed by atoms with Gasteiger partial charge in [0.15, 0.2) is 0 Å². The van der Waals surface area contributed by atoms with Crippen LogP contribution in [0.2, 0.25) is 0 Å². The number of nitrogens with one attached hydrogen (secondary N) is 2. The zero-order valence-corrected chi connectivity index (χ0v) is 15.8. The maximum absolute atomic E-state index is 12.4. The van der Waals surface area contributed by atoms with E-state index in [4.69, 9.17) is 0 Å². The lowest BCUT2D eigenvalue weighted by Gasteiger charge is -2.24. The predicted molar refractivity (Wildman–Crippen MR) is 107 cm³/mol. The number of benzene rings is 2. The highest BCUT2D eigenvalue weighted by molar-refractivity contribution is 5.91. The minimum Gasteiger partial charge on any atom is -0.347 e. The molecule has 1 fully saturated rings. The number of halogens is 1. The standard InChI is InChI=1S/C20H25N3O2.ClH/c1-21-13-17-9-5-11-23(17)20(25)14-22-19(24)12-16-8-4-7-15-6-2-3-10-18(15)16;/h2-4,6-8,10,17,21H,5,9,11-14H2,1H3,(H,22,24);1H. The van der Waals surface area contributed by atoms with Crippen molar-refractivity contribution in [1.29, 1.82) is 0 Å². The van der Waals surface area contributed by atoms with Gasteiger partial charge < -0.3 is 15.5 Å². The Labute approximate surface area is 160 Å². The van der Waals surface area contributed by atoms with Crippen LogP contribution in [0.25, 0.3) is 10.8 Å². The fraction of sp³-hybridized carbons (Fsp3) is 0.400. The molecule has 2 N–H and O–H groups in total. The molecule has 2 aromatic rings. The lowest BCUT2D eigenvalue weighted by atomic mass is 10.0. The predicted octanol–water partition coefficient (Wildman–Crippen LogP) is 2.13. The van der Waals surface area contributed by atoms with Crippen LogP contribution in [-0.2, 0) is 16.0 Å². The molecular weight excluding hydrogens is 350 g/mol.